The molecule has 0 saturated carbocycles. The van der Waals surface area contributed by atoms with Crippen LogP contribution in [0.15, 0.2) is 18.2 Å². The largest absolute Gasteiger partial charge is 0.416 e. The van der Waals surface area contributed by atoms with Crippen molar-refractivity contribution >= 4 is 11.0 Å². The molecular formula is C12H14F3N3. The number of alkyl halides is 3. The van der Waals surface area contributed by atoms with E-state index in [1.807, 2.05) is 6.92 Å². The van der Waals surface area contributed by atoms with Gasteiger partial charge in [0, 0.05) is 0 Å². The van der Waals surface area contributed by atoms with Gasteiger partial charge in [-0.1, -0.05) is 6.92 Å². The molecule has 1 aromatic heterocycles. The van der Waals surface area contributed by atoms with Crippen LogP contribution in [0.5, 0.6) is 0 Å². The Bertz CT molecular complexity index is 569. The number of halogens is 3. The molecule has 2 aromatic rings. The highest BCUT2D eigenvalue weighted by Gasteiger charge is 2.31. The van der Waals surface area contributed by atoms with Gasteiger partial charge in [-0.2, -0.15) is 13.2 Å². The number of aromatic amines is 1. The predicted octanol–water partition coefficient (Wildman–Crippen LogP) is 3.17. The van der Waals surface area contributed by atoms with Gasteiger partial charge < -0.3 is 10.7 Å². The third kappa shape index (κ3) is 2.20. The van der Waals surface area contributed by atoms with E-state index >= 15 is 0 Å². The molecular weight excluding hydrogens is 243 g/mol. The van der Waals surface area contributed by atoms with Crippen molar-refractivity contribution in [3.63, 3.8) is 0 Å². The Labute approximate surface area is 102 Å². The summed E-state index contributed by atoms with van der Waals surface area (Å²) in [5.74, 6) is 0.499. The first kappa shape index (κ1) is 12.9. The van der Waals surface area contributed by atoms with Crippen LogP contribution in [0.2, 0.25) is 0 Å². The zero-order valence-corrected chi connectivity index (χ0v) is 10.1. The van der Waals surface area contributed by atoms with Crippen LogP contribution in [-0.2, 0) is 11.7 Å². The molecule has 3 N–H and O–H groups in total. The first-order chi connectivity index (χ1) is 8.24. The van der Waals surface area contributed by atoms with Crippen molar-refractivity contribution in [2.75, 3.05) is 0 Å². The minimum Gasteiger partial charge on any atom is -0.340 e. The summed E-state index contributed by atoms with van der Waals surface area (Å²) in [4.78, 5) is 7.09. The number of aromatic nitrogens is 2. The number of nitrogens with zero attached hydrogens (tertiary/aromatic N) is 1. The number of nitrogens with two attached hydrogens (primary N) is 1. The molecule has 18 heavy (non-hydrogen) atoms. The second-order valence-corrected chi connectivity index (χ2v) is 4.59. The highest BCUT2D eigenvalue weighted by atomic mass is 19.4. The number of fused-ring (bicyclic) bond motifs is 1. The second-order valence-electron chi connectivity index (χ2n) is 4.59. The van der Waals surface area contributed by atoms with E-state index in [1.54, 1.807) is 6.92 Å². The van der Waals surface area contributed by atoms with Gasteiger partial charge in [0.1, 0.15) is 5.82 Å². The summed E-state index contributed by atoms with van der Waals surface area (Å²) in [6, 6.07) is 3.42. The van der Waals surface area contributed by atoms with Crippen molar-refractivity contribution in [2.24, 2.45) is 5.73 Å². The predicted molar refractivity (Wildman–Crippen MR) is 62.9 cm³/mol. The molecule has 2 rings (SSSR count). The standard InChI is InChI=1S/C12H14F3N3/c1-3-11(2,16)10-17-8-5-4-7(12(13,14)15)6-9(8)18-10/h4-6H,3,16H2,1-2H3,(H,17,18). The number of hydrogen-bond acceptors (Lipinski definition) is 2. The van der Waals surface area contributed by atoms with Crippen LogP contribution in [0.25, 0.3) is 11.0 Å². The van der Waals surface area contributed by atoms with Crippen LogP contribution >= 0.6 is 0 Å². The van der Waals surface area contributed by atoms with E-state index < -0.39 is 17.3 Å². The minimum atomic E-state index is -4.35. The van der Waals surface area contributed by atoms with E-state index in [2.05, 4.69) is 9.97 Å². The molecule has 3 nitrogen and oxygen atoms in total. The van der Waals surface area contributed by atoms with Crippen LogP contribution in [0.3, 0.4) is 0 Å². The van der Waals surface area contributed by atoms with Crippen LogP contribution in [0.4, 0.5) is 13.2 Å². The number of nitrogens with one attached hydrogen (secondary N) is 1. The average Bonchev–Trinajstić information content (AvgIpc) is 2.71. The van der Waals surface area contributed by atoms with E-state index in [-0.39, 0.29) is 0 Å². The van der Waals surface area contributed by atoms with Crippen molar-refractivity contribution in [1.29, 1.82) is 0 Å². The smallest absolute Gasteiger partial charge is 0.340 e. The molecule has 98 valence electrons. The highest BCUT2D eigenvalue weighted by Crippen LogP contribution is 2.31. The van der Waals surface area contributed by atoms with Crippen LogP contribution < -0.4 is 5.73 Å². The zero-order chi connectivity index (χ0) is 13.6. The first-order valence-corrected chi connectivity index (χ1v) is 5.60. The SMILES string of the molecule is CCC(C)(N)c1nc2ccc(C(F)(F)F)cc2[nH]1. The Hall–Kier alpha value is -1.56. The highest BCUT2D eigenvalue weighted by molar-refractivity contribution is 5.76. The second kappa shape index (κ2) is 3.98. The summed E-state index contributed by atoms with van der Waals surface area (Å²) in [7, 11) is 0. The van der Waals surface area contributed by atoms with Gasteiger partial charge >= 0.3 is 6.18 Å². The van der Waals surface area contributed by atoms with E-state index in [4.69, 9.17) is 5.73 Å². The molecule has 0 radical (unpaired) electrons. The van der Waals surface area contributed by atoms with Gasteiger partial charge in [0.05, 0.1) is 22.1 Å². The fraction of sp³-hybridized carbons (Fsp3) is 0.417. The van der Waals surface area contributed by atoms with Crippen LogP contribution in [-0.4, -0.2) is 9.97 Å². The Morgan fingerprint density at radius 1 is 1.33 bits per heavy atom. The minimum absolute atomic E-state index is 0.352. The number of H-pyrrole nitrogens is 1. The molecule has 0 fully saturated rings. The molecule has 0 aliphatic carbocycles. The molecule has 0 spiro atoms. The summed E-state index contributed by atoms with van der Waals surface area (Å²) in [6.07, 6.45) is -3.71. The third-order valence-corrected chi connectivity index (χ3v) is 3.08. The summed E-state index contributed by atoms with van der Waals surface area (Å²) < 4.78 is 37.7. The number of hydrogen-bond donors (Lipinski definition) is 2. The maximum Gasteiger partial charge on any atom is 0.416 e. The van der Waals surface area contributed by atoms with Crippen molar-refractivity contribution in [3.05, 3.63) is 29.6 Å². The average molecular weight is 257 g/mol. The van der Waals surface area contributed by atoms with Gasteiger partial charge in [0.2, 0.25) is 0 Å². The molecule has 0 saturated heterocycles. The zero-order valence-electron chi connectivity index (χ0n) is 10.1. The van der Waals surface area contributed by atoms with Crippen LogP contribution in [0, 0.1) is 0 Å². The van der Waals surface area contributed by atoms with Crippen molar-refractivity contribution < 1.29 is 13.2 Å². The lowest BCUT2D eigenvalue weighted by Crippen LogP contribution is -2.33. The molecule has 0 amide bonds. The van der Waals surface area contributed by atoms with E-state index in [0.29, 0.717) is 23.3 Å². The van der Waals surface area contributed by atoms with Gasteiger partial charge in [0.15, 0.2) is 0 Å². The molecule has 1 heterocycles. The number of imidazole rings is 1. The molecule has 6 heteroatoms. The molecule has 1 unspecified atom stereocenters. The number of rotatable bonds is 2. The van der Waals surface area contributed by atoms with Gasteiger partial charge in [-0.25, -0.2) is 4.98 Å². The van der Waals surface area contributed by atoms with E-state index in [1.165, 1.54) is 6.07 Å². The molecule has 1 atom stereocenters. The Morgan fingerprint density at radius 3 is 2.56 bits per heavy atom. The molecule has 1 aromatic carbocycles. The third-order valence-electron chi connectivity index (χ3n) is 3.08. The summed E-state index contributed by atoms with van der Waals surface area (Å²) in [6.45, 7) is 3.68. The van der Waals surface area contributed by atoms with Crippen LogP contribution in [0.1, 0.15) is 31.7 Å². The maximum absolute atomic E-state index is 12.6. The molecule has 0 aliphatic heterocycles. The van der Waals surface area contributed by atoms with Crippen molar-refractivity contribution in [3.8, 4) is 0 Å². The topological polar surface area (TPSA) is 54.7 Å². The van der Waals surface area contributed by atoms with Gasteiger partial charge in [-0.05, 0) is 31.5 Å². The Morgan fingerprint density at radius 2 is 2.00 bits per heavy atom. The van der Waals surface area contributed by atoms with Gasteiger partial charge in [-0.3, -0.25) is 0 Å². The normalized spacial score (nSPS) is 15.9. The lowest BCUT2D eigenvalue weighted by Gasteiger charge is -2.19. The fourth-order valence-corrected chi connectivity index (χ4v) is 1.62. The lowest BCUT2D eigenvalue weighted by molar-refractivity contribution is -0.137. The van der Waals surface area contributed by atoms with Gasteiger partial charge in [0.25, 0.3) is 0 Å². The first-order valence-electron chi connectivity index (χ1n) is 5.60. The number of benzene rings is 1. The van der Waals surface area contributed by atoms with E-state index in [9.17, 15) is 13.2 Å². The lowest BCUT2D eigenvalue weighted by atomic mass is 10.0. The van der Waals surface area contributed by atoms with Gasteiger partial charge in [-0.15, -0.1) is 0 Å². The summed E-state index contributed by atoms with van der Waals surface area (Å²) >= 11 is 0. The Kier molecular flexibility index (Phi) is 2.85. The van der Waals surface area contributed by atoms with Crippen molar-refractivity contribution in [1.82, 2.24) is 9.97 Å². The summed E-state index contributed by atoms with van der Waals surface area (Å²) in [5, 5.41) is 0. The fourth-order valence-electron chi connectivity index (χ4n) is 1.62. The maximum atomic E-state index is 12.6. The van der Waals surface area contributed by atoms with Crippen molar-refractivity contribution in [2.45, 2.75) is 32.0 Å². The van der Waals surface area contributed by atoms with E-state index in [0.717, 1.165) is 12.1 Å². The quantitative estimate of drug-likeness (QED) is 0.868. The monoisotopic (exact) mass is 257 g/mol. The summed E-state index contributed by atoms with van der Waals surface area (Å²) in [5.41, 5.74) is 5.49. The Balaban J connectivity index is 2.53. The molecule has 0 bridgehead atoms. The molecule has 0 aliphatic rings.